The van der Waals surface area contributed by atoms with Crippen molar-refractivity contribution in [2.75, 3.05) is 0 Å². The molecule has 14 heteroatoms. The Bertz CT molecular complexity index is 10100. The molecule has 0 radical (unpaired) electrons. The van der Waals surface area contributed by atoms with E-state index in [1.165, 1.54) is 53.9 Å². The maximum atomic E-state index is 5.16. The summed E-state index contributed by atoms with van der Waals surface area (Å²) >= 11 is 1.76. The molecule has 11 aromatic heterocycles. The summed E-state index contributed by atoms with van der Waals surface area (Å²) < 4.78 is 2.34. The van der Waals surface area contributed by atoms with Crippen LogP contribution in [0.1, 0.15) is 0 Å². The molecule has 0 unspecified atom stereocenters. The van der Waals surface area contributed by atoms with Gasteiger partial charge >= 0.3 is 0 Å². The van der Waals surface area contributed by atoms with Crippen molar-refractivity contribution >= 4 is 140 Å². The van der Waals surface area contributed by atoms with E-state index >= 15 is 0 Å². The second-order valence-corrected chi connectivity index (χ2v) is 37.7. The molecule has 0 aliphatic carbocycles. The first-order valence-corrected chi connectivity index (χ1v) is 50.4. The number of thiophene rings is 1. The molecule has 0 atom stereocenters. The molecule has 11 heterocycles. The summed E-state index contributed by atoms with van der Waals surface area (Å²) in [6.07, 6.45) is 14.6. The number of para-hydroxylation sites is 3. The first kappa shape index (κ1) is 89.2. The van der Waals surface area contributed by atoms with E-state index in [9.17, 15) is 0 Å². The van der Waals surface area contributed by atoms with Crippen molar-refractivity contribution in [2.24, 2.45) is 0 Å². The first-order chi connectivity index (χ1) is 73.9. The molecule has 0 amide bonds. The number of aromatic nitrogens is 13. The van der Waals surface area contributed by atoms with Gasteiger partial charge in [0.05, 0.1) is 83.0 Å². The monoisotopic (exact) mass is 1920 g/mol. The molecule has 696 valence electrons. The molecule has 0 spiro atoms. The summed E-state index contributed by atoms with van der Waals surface area (Å²) in [5.41, 5.74) is 33.2. The van der Waals surface area contributed by atoms with Gasteiger partial charge in [0.15, 0.2) is 11.6 Å². The second kappa shape index (κ2) is 39.4. The normalized spacial score (nSPS) is 11.4. The van der Waals surface area contributed by atoms with Crippen LogP contribution in [-0.4, -0.2) is 64.8 Å². The molecule has 0 N–H and O–H groups in total. The van der Waals surface area contributed by atoms with Crippen LogP contribution in [0.5, 0.6) is 0 Å². The van der Waals surface area contributed by atoms with Crippen LogP contribution < -0.4 is 0 Å². The van der Waals surface area contributed by atoms with Crippen LogP contribution in [0.15, 0.2) is 517 Å². The lowest BCUT2D eigenvalue weighted by Crippen LogP contribution is -1.95. The van der Waals surface area contributed by atoms with Crippen LogP contribution in [0.3, 0.4) is 0 Å². The average Bonchev–Trinajstić information content (AvgIpc) is 1.52. The topological polar surface area (TPSA) is 168 Å². The quantitative estimate of drug-likeness (QED) is 0.100. The highest BCUT2D eigenvalue weighted by atomic mass is 32.1. The molecule has 149 heavy (non-hydrogen) atoms. The van der Waals surface area contributed by atoms with Crippen molar-refractivity contribution in [3.8, 4) is 146 Å². The van der Waals surface area contributed by atoms with Crippen molar-refractivity contribution in [1.82, 2.24) is 64.8 Å². The lowest BCUT2D eigenvalue weighted by atomic mass is 9.93. The maximum Gasteiger partial charge on any atom is 0.160 e. The zero-order chi connectivity index (χ0) is 98.9. The Hall–Kier alpha value is -19.9. The molecule has 29 aromatic rings. The molecule has 0 fully saturated rings. The van der Waals surface area contributed by atoms with Crippen LogP contribution >= 0.6 is 11.3 Å². The molecular formula is C135H85N13S. The standard InChI is InChI=1S/C35H21N3S.C34H22N4.2C33H21N3/c1-2-9-22(10-3-1)32-34-33(29-14-4-5-17-30(29)39-34)38-35(37-32)25-12-6-11-24(21-25)26-15-7-16-28-27(26)19-18-23-13-8-20-36-31(23)28;1-4-26(20-27(5-1)29-7-2-8-31-30(29)10-9-25-6-3-15-37-34(25)31)28-21-32(23-11-16-35-17-12-23)38-33(22-28)24-13-18-36-19-14-24;1-2-9-22(10-3-1)32-33(36-30-17-5-4-16-29(30)35-32)25-12-6-11-24(21-25)26-14-7-15-28-27(26)19-18-23-13-8-20-34-31(23)28;1-2-9-22(10-3-1)32-29-14-4-5-17-30(29)35-33(36-32)25-12-6-11-24(21-25)26-15-7-16-28-27(26)19-18-23-13-8-20-34-31(23)28/h1-21H;1-22H;2*1-21H. The van der Waals surface area contributed by atoms with Gasteiger partial charge in [0.1, 0.15) is 0 Å². The van der Waals surface area contributed by atoms with E-state index in [2.05, 4.69) is 370 Å². The summed E-state index contributed by atoms with van der Waals surface area (Å²) in [4.78, 5) is 62.5. The Labute approximate surface area is 861 Å². The zero-order valence-electron chi connectivity index (χ0n) is 80.3. The van der Waals surface area contributed by atoms with E-state index in [-0.39, 0.29) is 0 Å². The molecule has 0 aliphatic rings. The maximum absolute atomic E-state index is 5.16. The Balaban J connectivity index is 0.000000100. The minimum atomic E-state index is 0.724. The van der Waals surface area contributed by atoms with Crippen molar-refractivity contribution < 1.29 is 0 Å². The number of pyridine rings is 7. The zero-order valence-corrected chi connectivity index (χ0v) is 81.1. The number of benzene rings is 18. The van der Waals surface area contributed by atoms with Crippen LogP contribution in [0.25, 0.3) is 275 Å². The highest BCUT2D eigenvalue weighted by Crippen LogP contribution is 2.46. The van der Waals surface area contributed by atoms with E-state index < -0.39 is 0 Å². The molecule has 29 rings (SSSR count). The van der Waals surface area contributed by atoms with Gasteiger partial charge in [-0.3, -0.25) is 29.9 Å². The Morgan fingerprint density at radius 3 is 0.933 bits per heavy atom. The van der Waals surface area contributed by atoms with Crippen LogP contribution in [-0.2, 0) is 0 Å². The summed E-state index contributed by atoms with van der Waals surface area (Å²) in [6.45, 7) is 0. The molecule has 0 bridgehead atoms. The van der Waals surface area contributed by atoms with E-state index in [4.69, 9.17) is 34.9 Å². The smallest absolute Gasteiger partial charge is 0.160 e. The lowest BCUT2D eigenvalue weighted by molar-refractivity contribution is 1.23. The van der Waals surface area contributed by atoms with Gasteiger partial charge in [-0.1, -0.05) is 358 Å². The van der Waals surface area contributed by atoms with Gasteiger partial charge in [-0.15, -0.1) is 11.3 Å². The van der Waals surface area contributed by atoms with Crippen LogP contribution in [0.2, 0.25) is 0 Å². The molecule has 0 aliphatic heterocycles. The molecule has 0 saturated carbocycles. The van der Waals surface area contributed by atoms with Gasteiger partial charge in [-0.25, -0.2) is 34.9 Å². The fraction of sp³-hybridized carbons (Fsp3) is 0. The molecule has 0 saturated heterocycles. The number of fused-ring (bicyclic) bond motifs is 17. The Kier molecular flexibility index (Phi) is 23.6. The van der Waals surface area contributed by atoms with Crippen molar-refractivity contribution in [1.29, 1.82) is 0 Å². The molecule has 18 aromatic carbocycles. The van der Waals surface area contributed by atoms with Gasteiger partial charge in [-0.05, 0) is 186 Å². The third-order valence-electron chi connectivity index (χ3n) is 27.6. The largest absolute Gasteiger partial charge is 0.265 e. The summed E-state index contributed by atoms with van der Waals surface area (Å²) in [6, 6.07) is 162. The van der Waals surface area contributed by atoms with Gasteiger partial charge < -0.3 is 0 Å². The Morgan fingerprint density at radius 1 is 0.154 bits per heavy atom. The summed E-state index contributed by atoms with van der Waals surface area (Å²) in [5.74, 6) is 1.46. The fourth-order valence-electron chi connectivity index (χ4n) is 20.5. The number of nitrogens with zero attached hydrogens (tertiary/aromatic N) is 13. The summed E-state index contributed by atoms with van der Waals surface area (Å²) in [7, 11) is 0. The van der Waals surface area contributed by atoms with Crippen molar-refractivity contribution in [3.63, 3.8) is 0 Å². The van der Waals surface area contributed by atoms with Gasteiger partial charge in [0, 0.05) is 153 Å². The SMILES string of the molecule is c1cc(-c2cc(-c3ccncc3)nc(-c3ccncc3)c2)cc(-c2cccc3c2ccc2cccnc23)c1.c1ccc(-c2nc(-c3cccc(-c4cccc5c4ccc4cccnc45)c3)nc3c2sc2ccccc23)cc1.c1ccc(-c2nc(-c3cccc(-c4cccc5c4ccc4cccnc45)c3)nc3ccccc23)cc1.c1ccc(-c2nc3ccccc3nc2-c2cccc(-c3cccc4c3ccc3cccnc34)c2)cc1. The van der Waals surface area contributed by atoms with E-state index in [0.29, 0.717) is 0 Å². The van der Waals surface area contributed by atoms with Crippen molar-refractivity contribution in [2.45, 2.75) is 0 Å². The minimum absolute atomic E-state index is 0.724. The minimum Gasteiger partial charge on any atom is -0.265 e. The van der Waals surface area contributed by atoms with E-state index in [0.717, 1.165) is 221 Å². The van der Waals surface area contributed by atoms with E-state index in [1.54, 1.807) is 36.1 Å². The van der Waals surface area contributed by atoms with E-state index in [1.807, 2.05) is 152 Å². The second-order valence-electron chi connectivity index (χ2n) is 36.7. The van der Waals surface area contributed by atoms with Crippen molar-refractivity contribution in [3.05, 3.63) is 517 Å². The lowest BCUT2D eigenvalue weighted by Gasteiger charge is -2.13. The predicted octanol–water partition coefficient (Wildman–Crippen LogP) is 34.5. The van der Waals surface area contributed by atoms with Crippen LogP contribution in [0.4, 0.5) is 0 Å². The third-order valence-corrected chi connectivity index (χ3v) is 28.8. The van der Waals surface area contributed by atoms with Gasteiger partial charge in [0.25, 0.3) is 0 Å². The molecular weight excluding hydrogens is 1840 g/mol. The fourth-order valence-corrected chi connectivity index (χ4v) is 21.7. The number of hydrogen-bond donors (Lipinski definition) is 0. The van der Waals surface area contributed by atoms with Gasteiger partial charge in [-0.2, -0.15) is 0 Å². The van der Waals surface area contributed by atoms with Crippen LogP contribution in [0, 0.1) is 0 Å². The predicted molar refractivity (Wildman–Crippen MR) is 616 cm³/mol. The number of rotatable bonds is 13. The highest BCUT2D eigenvalue weighted by molar-refractivity contribution is 7.26. The Morgan fingerprint density at radius 2 is 0.483 bits per heavy atom. The first-order valence-electron chi connectivity index (χ1n) is 49.6. The number of hydrogen-bond acceptors (Lipinski definition) is 14. The highest BCUT2D eigenvalue weighted by Gasteiger charge is 2.23. The average molecular weight is 1920 g/mol. The molecule has 13 nitrogen and oxygen atoms in total. The van der Waals surface area contributed by atoms with Gasteiger partial charge in [0.2, 0.25) is 0 Å². The summed E-state index contributed by atoms with van der Waals surface area (Å²) in [5, 5.41) is 16.2. The third kappa shape index (κ3) is 17.5.